The van der Waals surface area contributed by atoms with E-state index >= 15 is 0 Å². The number of benzene rings is 2. The molecule has 0 radical (unpaired) electrons. The highest BCUT2D eigenvalue weighted by Crippen LogP contribution is 2.38. The number of thioether (sulfide) groups is 1. The lowest BCUT2D eigenvalue weighted by molar-refractivity contribution is -0.112. The molecular formula is C20H15N3O5S. The molecule has 0 spiro atoms. The number of hydrogen-bond donors (Lipinski definition) is 2. The Morgan fingerprint density at radius 2 is 1.86 bits per heavy atom. The Morgan fingerprint density at radius 1 is 1.17 bits per heavy atom. The van der Waals surface area contributed by atoms with Gasteiger partial charge in [0.15, 0.2) is 11.5 Å². The van der Waals surface area contributed by atoms with E-state index in [1.165, 1.54) is 56.7 Å². The zero-order valence-corrected chi connectivity index (χ0v) is 16.2. The average molecular weight is 409 g/mol. The van der Waals surface area contributed by atoms with Crippen LogP contribution in [-0.4, -0.2) is 31.2 Å². The summed E-state index contributed by atoms with van der Waals surface area (Å²) >= 11 is 0.722. The third kappa shape index (κ3) is 5.28. The van der Waals surface area contributed by atoms with Crippen LogP contribution in [0.2, 0.25) is 0 Å². The van der Waals surface area contributed by atoms with E-state index in [4.69, 9.17) is 10.00 Å². The van der Waals surface area contributed by atoms with Crippen molar-refractivity contribution in [1.82, 2.24) is 0 Å². The van der Waals surface area contributed by atoms with Crippen molar-refractivity contribution in [2.75, 3.05) is 19.5 Å². The molecule has 0 saturated heterocycles. The Morgan fingerprint density at radius 3 is 2.41 bits per heavy atom. The van der Waals surface area contributed by atoms with Crippen LogP contribution in [-0.2, 0) is 9.53 Å². The van der Waals surface area contributed by atoms with E-state index < -0.39 is 11.9 Å². The molecule has 2 aromatic rings. The molecule has 8 nitrogen and oxygen atoms in total. The molecule has 0 heterocycles. The van der Waals surface area contributed by atoms with Crippen LogP contribution in [0.3, 0.4) is 0 Å². The van der Waals surface area contributed by atoms with Gasteiger partial charge in [0.1, 0.15) is 17.0 Å². The maximum Gasteiger partial charge on any atom is 0.337 e. The number of esters is 1. The standard InChI is InChI=1S/C20H15N3O5S/c1-27-16-8-12(9-17(18(16)24)29-11-22)7-14(10-21)19(25)23-15-5-3-13(4-6-15)20(26)28-2/h3-9,24H,1-2H3,(H,23,25)/b14-7-. The van der Waals surface area contributed by atoms with Crippen molar-refractivity contribution in [3.63, 3.8) is 0 Å². The van der Waals surface area contributed by atoms with Gasteiger partial charge >= 0.3 is 5.97 Å². The number of phenolic OH excluding ortho intramolecular Hbond substituents is 1. The maximum absolute atomic E-state index is 12.4. The predicted octanol–water partition coefficient (Wildman–Crippen LogP) is 3.31. The number of thiocyanates is 1. The molecule has 2 aromatic carbocycles. The summed E-state index contributed by atoms with van der Waals surface area (Å²) < 4.78 is 9.67. The highest BCUT2D eigenvalue weighted by molar-refractivity contribution is 8.03. The maximum atomic E-state index is 12.4. The summed E-state index contributed by atoms with van der Waals surface area (Å²) in [5, 5.41) is 32.6. The minimum atomic E-state index is -0.667. The molecule has 0 aromatic heterocycles. The van der Waals surface area contributed by atoms with Gasteiger partial charge in [-0.15, -0.1) is 0 Å². The SMILES string of the molecule is COC(=O)c1ccc(NC(=O)/C(C#N)=C\c2cc(OC)c(O)c(SC#N)c2)cc1. The van der Waals surface area contributed by atoms with Crippen molar-refractivity contribution >= 4 is 35.4 Å². The number of carbonyl (C=O) groups is 2. The molecule has 1 amide bonds. The van der Waals surface area contributed by atoms with E-state index in [0.717, 1.165) is 11.8 Å². The Labute approximate surface area is 171 Å². The van der Waals surface area contributed by atoms with Gasteiger partial charge in [-0.05, 0) is 59.8 Å². The van der Waals surface area contributed by atoms with E-state index in [2.05, 4.69) is 10.1 Å². The fraction of sp³-hybridized carbons (Fsp3) is 0.100. The first-order chi connectivity index (χ1) is 13.9. The second-order valence-electron chi connectivity index (χ2n) is 5.46. The highest BCUT2D eigenvalue weighted by Gasteiger charge is 2.14. The molecule has 0 fully saturated rings. The quantitative estimate of drug-likeness (QED) is 0.244. The Balaban J connectivity index is 2.28. The lowest BCUT2D eigenvalue weighted by Gasteiger charge is -2.09. The first-order valence-electron chi connectivity index (χ1n) is 8.02. The number of nitrogens with one attached hydrogen (secondary N) is 1. The van der Waals surface area contributed by atoms with E-state index in [1.807, 2.05) is 11.5 Å². The number of anilines is 1. The zero-order chi connectivity index (χ0) is 21.4. The monoisotopic (exact) mass is 409 g/mol. The summed E-state index contributed by atoms with van der Waals surface area (Å²) in [4.78, 5) is 24.1. The van der Waals surface area contributed by atoms with Crippen molar-refractivity contribution in [3.8, 4) is 23.0 Å². The minimum Gasteiger partial charge on any atom is -0.503 e. The average Bonchev–Trinajstić information content (AvgIpc) is 2.73. The normalized spacial score (nSPS) is 10.4. The first kappa shape index (κ1) is 21.4. The van der Waals surface area contributed by atoms with Gasteiger partial charge in [-0.2, -0.15) is 10.5 Å². The fourth-order valence-corrected chi connectivity index (χ4v) is 2.78. The Bertz CT molecular complexity index is 1050. The molecule has 29 heavy (non-hydrogen) atoms. The molecule has 0 atom stereocenters. The van der Waals surface area contributed by atoms with E-state index in [9.17, 15) is 20.0 Å². The van der Waals surface area contributed by atoms with Crippen LogP contribution < -0.4 is 10.1 Å². The number of nitrogens with zero attached hydrogens (tertiary/aromatic N) is 2. The first-order valence-corrected chi connectivity index (χ1v) is 8.83. The van der Waals surface area contributed by atoms with Gasteiger partial charge in [-0.1, -0.05) is 0 Å². The summed E-state index contributed by atoms with van der Waals surface area (Å²) in [6.45, 7) is 0. The van der Waals surface area contributed by atoms with E-state index in [0.29, 0.717) is 16.8 Å². The number of methoxy groups -OCH3 is 2. The van der Waals surface area contributed by atoms with Gasteiger partial charge in [0, 0.05) is 5.69 Å². The zero-order valence-electron chi connectivity index (χ0n) is 15.4. The van der Waals surface area contributed by atoms with Crippen LogP contribution in [0.5, 0.6) is 11.5 Å². The third-order valence-corrected chi connectivity index (χ3v) is 4.30. The molecule has 9 heteroatoms. The molecule has 0 unspecified atom stereocenters. The topological polar surface area (TPSA) is 132 Å². The van der Waals surface area contributed by atoms with Gasteiger partial charge in [-0.3, -0.25) is 4.79 Å². The predicted molar refractivity (Wildman–Crippen MR) is 106 cm³/mol. The summed E-state index contributed by atoms with van der Waals surface area (Å²) in [6.07, 6.45) is 1.31. The van der Waals surface area contributed by atoms with Crippen molar-refractivity contribution in [1.29, 1.82) is 10.5 Å². The number of hydrogen-bond acceptors (Lipinski definition) is 8. The molecule has 146 valence electrons. The van der Waals surface area contributed by atoms with Gasteiger partial charge in [0.25, 0.3) is 5.91 Å². The second-order valence-corrected chi connectivity index (χ2v) is 6.28. The highest BCUT2D eigenvalue weighted by atomic mass is 32.2. The third-order valence-electron chi connectivity index (χ3n) is 3.68. The summed E-state index contributed by atoms with van der Waals surface area (Å²) in [5.41, 5.74) is 0.890. The van der Waals surface area contributed by atoms with E-state index in [-0.39, 0.29) is 22.0 Å². The van der Waals surface area contributed by atoms with Crippen molar-refractivity contribution < 1.29 is 24.2 Å². The van der Waals surface area contributed by atoms with E-state index in [1.54, 1.807) is 0 Å². The van der Waals surface area contributed by atoms with Gasteiger partial charge in [-0.25, -0.2) is 4.79 Å². The number of phenols is 1. The van der Waals surface area contributed by atoms with Gasteiger partial charge in [0.05, 0.1) is 24.7 Å². The smallest absolute Gasteiger partial charge is 0.337 e. The summed E-state index contributed by atoms with van der Waals surface area (Å²) in [6, 6.07) is 10.7. The molecule has 0 aliphatic carbocycles. The van der Waals surface area contributed by atoms with Gasteiger partial charge < -0.3 is 19.9 Å². The minimum absolute atomic E-state index is 0.104. The fourth-order valence-electron chi connectivity index (χ4n) is 2.29. The van der Waals surface area contributed by atoms with Gasteiger partial charge in [0.2, 0.25) is 0 Å². The van der Waals surface area contributed by atoms with Crippen LogP contribution >= 0.6 is 11.8 Å². The summed E-state index contributed by atoms with van der Waals surface area (Å²) in [5.74, 6) is -1.27. The second kappa shape index (κ2) is 9.83. The molecule has 2 N–H and O–H groups in total. The molecular weight excluding hydrogens is 394 g/mol. The largest absolute Gasteiger partial charge is 0.503 e. The van der Waals surface area contributed by atoms with Crippen molar-refractivity contribution in [3.05, 3.63) is 53.1 Å². The van der Waals surface area contributed by atoms with Crippen LogP contribution in [0.15, 0.2) is 46.9 Å². The molecule has 0 saturated carbocycles. The van der Waals surface area contributed by atoms with Crippen LogP contribution in [0.1, 0.15) is 15.9 Å². The number of nitriles is 2. The lowest BCUT2D eigenvalue weighted by Crippen LogP contribution is -2.13. The number of amides is 1. The van der Waals surface area contributed by atoms with Crippen LogP contribution in [0.4, 0.5) is 5.69 Å². The number of ether oxygens (including phenoxy) is 2. The van der Waals surface area contributed by atoms with Crippen LogP contribution in [0.25, 0.3) is 6.08 Å². The van der Waals surface area contributed by atoms with Crippen LogP contribution in [0, 0.1) is 22.0 Å². The summed E-state index contributed by atoms with van der Waals surface area (Å²) in [7, 11) is 2.61. The number of rotatable bonds is 6. The molecule has 0 aliphatic rings. The van der Waals surface area contributed by atoms with Crippen molar-refractivity contribution in [2.24, 2.45) is 0 Å². The molecule has 2 rings (SSSR count). The number of carbonyl (C=O) groups excluding carboxylic acids is 2. The Kier molecular flexibility index (Phi) is 7.24. The Hall–Kier alpha value is -3.95. The lowest BCUT2D eigenvalue weighted by atomic mass is 10.1. The van der Waals surface area contributed by atoms with Crippen molar-refractivity contribution in [2.45, 2.75) is 4.90 Å². The molecule has 0 aliphatic heterocycles. The molecule has 0 bridgehead atoms. The number of aromatic hydroxyl groups is 1.